The number of thiophene rings is 1. The number of nitrogens with one attached hydrogen (secondary N) is 1. The van der Waals surface area contributed by atoms with Gasteiger partial charge in [-0.25, -0.2) is 8.42 Å². The molecule has 0 spiro atoms. The van der Waals surface area contributed by atoms with Crippen molar-refractivity contribution in [2.45, 2.75) is 30.2 Å². The molecule has 6 nitrogen and oxygen atoms in total. The van der Waals surface area contributed by atoms with E-state index in [1.165, 1.54) is 15.6 Å². The lowest BCUT2D eigenvalue weighted by atomic mass is 9.97. The molecule has 2 heterocycles. The number of carbonyl (C=O) groups excluding carboxylic acids is 1. The number of hydrogen-bond acceptors (Lipinski definition) is 5. The highest BCUT2D eigenvalue weighted by molar-refractivity contribution is 7.91. The van der Waals surface area contributed by atoms with Crippen LogP contribution in [0.3, 0.4) is 0 Å². The van der Waals surface area contributed by atoms with E-state index in [4.69, 9.17) is 4.74 Å². The first-order valence-corrected chi connectivity index (χ1v) is 12.9. The second-order valence-corrected chi connectivity index (χ2v) is 10.9. The molecular weight excluding hydrogens is 444 g/mol. The molecule has 0 radical (unpaired) electrons. The van der Waals surface area contributed by atoms with Crippen LogP contribution in [0.15, 0.2) is 76.3 Å². The number of piperidine rings is 1. The number of rotatable bonds is 8. The Labute approximate surface area is 192 Å². The number of benzene rings is 2. The Morgan fingerprint density at radius 3 is 2.34 bits per heavy atom. The first-order valence-electron chi connectivity index (χ1n) is 10.6. The van der Waals surface area contributed by atoms with E-state index >= 15 is 0 Å². The number of carbonyl (C=O) groups is 1. The Hall–Kier alpha value is -2.68. The van der Waals surface area contributed by atoms with Crippen molar-refractivity contribution in [1.29, 1.82) is 0 Å². The zero-order chi connectivity index (χ0) is 22.4. The third-order valence-electron chi connectivity index (χ3n) is 5.55. The van der Waals surface area contributed by atoms with Crippen molar-refractivity contribution in [2.24, 2.45) is 5.92 Å². The third kappa shape index (κ3) is 5.56. The van der Waals surface area contributed by atoms with Crippen molar-refractivity contribution in [3.63, 3.8) is 0 Å². The maximum Gasteiger partial charge on any atom is 0.252 e. The standard InChI is InChI=1S/C24H26N2O4S2/c27-24(21-12-14-26(15-13-21)32(28,29)23-7-4-16-31-23)25-17-19-8-10-22(11-9-19)30-18-20-5-2-1-3-6-20/h1-11,16,21H,12-15,17-18H2,(H,25,27). The van der Waals surface area contributed by atoms with Crippen LogP contribution >= 0.6 is 11.3 Å². The van der Waals surface area contributed by atoms with Crippen LogP contribution in [-0.4, -0.2) is 31.7 Å². The number of sulfonamides is 1. The molecule has 2 aromatic carbocycles. The fourth-order valence-corrected chi connectivity index (χ4v) is 6.29. The molecule has 1 N–H and O–H groups in total. The third-order valence-corrected chi connectivity index (χ3v) is 8.82. The fourth-order valence-electron chi connectivity index (χ4n) is 3.67. The predicted molar refractivity (Wildman–Crippen MR) is 125 cm³/mol. The summed E-state index contributed by atoms with van der Waals surface area (Å²) >= 11 is 1.22. The van der Waals surface area contributed by atoms with Crippen molar-refractivity contribution < 1.29 is 17.9 Å². The number of nitrogens with zero attached hydrogens (tertiary/aromatic N) is 1. The van der Waals surface area contributed by atoms with Gasteiger partial charge in [0.05, 0.1) is 0 Å². The van der Waals surface area contributed by atoms with Crippen molar-refractivity contribution in [1.82, 2.24) is 9.62 Å². The van der Waals surface area contributed by atoms with Crippen molar-refractivity contribution >= 4 is 27.3 Å². The molecule has 0 saturated carbocycles. The van der Waals surface area contributed by atoms with Crippen LogP contribution in [0.25, 0.3) is 0 Å². The summed E-state index contributed by atoms with van der Waals surface area (Å²) in [6.45, 7) is 1.68. The second kappa shape index (κ2) is 10.3. The predicted octanol–water partition coefficient (Wildman–Crippen LogP) is 4.04. The molecule has 4 rings (SSSR count). The van der Waals surface area contributed by atoms with Gasteiger partial charge in [-0.05, 0) is 47.5 Å². The molecular formula is C24H26N2O4S2. The van der Waals surface area contributed by atoms with Gasteiger partial charge < -0.3 is 10.1 Å². The van der Waals surface area contributed by atoms with Crippen LogP contribution in [0.5, 0.6) is 5.75 Å². The average Bonchev–Trinajstić information content (AvgIpc) is 3.39. The summed E-state index contributed by atoms with van der Waals surface area (Å²) in [4.78, 5) is 12.6. The quantitative estimate of drug-likeness (QED) is 0.539. The monoisotopic (exact) mass is 470 g/mol. The van der Waals surface area contributed by atoms with E-state index in [1.807, 2.05) is 54.6 Å². The van der Waals surface area contributed by atoms with Crippen LogP contribution in [0.4, 0.5) is 0 Å². The van der Waals surface area contributed by atoms with E-state index in [2.05, 4.69) is 5.32 Å². The van der Waals surface area contributed by atoms with E-state index < -0.39 is 10.0 Å². The number of amides is 1. The summed E-state index contributed by atoms with van der Waals surface area (Å²) in [6, 6.07) is 21.0. The molecule has 1 aliphatic rings. The lowest BCUT2D eigenvalue weighted by Crippen LogP contribution is -2.42. The molecule has 8 heteroatoms. The fraction of sp³-hybridized carbons (Fsp3) is 0.292. The molecule has 168 valence electrons. The molecule has 1 aromatic heterocycles. The Morgan fingerprint density at radius 2 is 1.69 bits per heavy atom. The van der Waals surface area contributed by atoms with E-state index in [9.17, 15) is 13.2 Å². The Kier molecular flexibility index (Phi) is 7.24. The maximum absolute atomic E-state index is 12.6. The highest BCUT2D eigenvalue weighted by Crippen LogP contribution is 2.26. The van der Waals surface area contributed by atoms with Crippen molar-refractivity contribution in [3.05, 3.63) is 83.2 Å². The second-order valence-electron chi connectivity index (χ2n) is 7.75. The van der Waals surface area contributed by atoms with Gasteiger partial charge in [0.1, 0.15) is 16.6 Å². The summed E-state index contributed by atoms with van der Waals surface area (Å²) in [7, 11) is -3.44. The molecule has 3 aromatic rings. The molecule has 1 aliphatic heterocycles. The number of hydrogen-bond donors (Lipinski definition) is 1. The van der Waals surface area contributed by atoms with E-state index in [0.717, 1.165) is 16.9 Å². The van der Waals surface area contributed by atoms with Gasteiger partial charge in [-0.3, -0.25) is 4.79 Å². The Morgan fingerprint density at radius 1 is 0.969 bits per heavy atom. The van der Waals surface area contributed by atoms with Crippen LogP contribution < -0.4 is 10.1 Å². The first-order chi connectivity index (χ1) is 15.5. The minimum absolute atomic E-state index is 0.0254. The lowest BCUT2D eigenvalue weighted by Gasteiger charge is -2.30. The minimum atomic E-state index is -3.44. The van der Waals surface area contributed by atoms with Gasteiger partial charge >= 0.3 is 0 Å². The molecule has 0 bridgehead atoms. The summed E-state index contributed by atoms with van der Waals surface area (Å²) in [5, 5.41) is 4.74. The molecule has 0 aliphatic carbocycles. The minimum Gasteiger partial charge on any atom is -0.489 e. The molecule has 0 unspecified atom stereocenters. The molecule has 1 fully saturated rings. The van der Waals surface area contributed by atoms with Gasteiger partial charge in [-0.15, -0.1) is 11.3 Å². The van der Waals surface area contributed by atoms with Crippen molar-refractivity contribution in [2.75, 3.05) is 13.1 Å². The van der Waals surface area contributed by atoms with E-state index in [1.54, 1.807) is 17.5 Å². The summed E-state index contributed by atoms with van der Waals surface area (Å²) in [5.74, 6) is 0.587. The van der Waals surface area contributed by atoms with Gasteiger partial charge in [0.15, 0.2) is 0 Å². The van der Waals surface area contributed by atoms with E-state index in [-0.39, 0.29) is 11.8 Å². The Bertz CT molecular complexity index is 1110. The average molecular weight is 471 g/mol. The smallest absolute Gasteiger partial charge is 0.252 e. The number of ether oxygens (including phenoxy) is 1. The van der Waals surface area contributed by atoms with E-state index in [0.29, 0.717) is 43.3 Å². The van der Waals surface area contributed by atoms with Crippen LogP contribution in [0.2, 0.25) is 0 Å². The highest BCUT2D eigenvalue weighted by Gasteiger charge is 2.32. The van der Waals surface area contributed by atoms with Crippen molar-refractivity contribution in [3.8, 4) is 5.75 Å². The summed E-state index contributed by atoms with van der Waals surface area (Å²) < 4.78 is 32.9. The molecule has 1 saturated heterocycles. The normalized spacial score (nSPS) is 15.4. The van der Waals surface area contributed by atoms with Crippen LogP contribution in [0.1, 0.15) is 24.0 Å². The van der Waals surface area contributed by atoms with Gasteiger partial charge in [-0.2, -0.15) is 4.31 Å². The molecule has 0 atom stereocenters. The SMILES string of the molecule is O=C(NCc1ccc(OCc2ccccc2)cc1)C1CCN(S(=O)(=O)c2cccs2)CC1. The molecule has 1 amide bonds. The lowest BCUT2D eigenvalue weighted by molar-refractivity contribution is -0.126. The van der Waals surface area contributed by atoms with Gasteiger partial charge in [0.25, 0.3) is 10.0 Å². The zero-order valence-electron chi connectivity index (χ0n) is 17.6. The summed E-state index contributed by atoms with van der Waals surface area (Å²) in [6.07, 6.45) is 1.06. The maximum atomic E-state index is 12.6. The van der Waals surface area contributed by atoms with Crippen LogP contribution in [0, 0.1) is 5.92 Å². The van der Waals surface area contributed by atoms with Gasteiger partial charge in [0.2, 0.25) is 5.91 Å². The zero-order valence-corrected chi connectivity index (χ0v) is 19.3. The molecule has 32 heavy (non-hydrogen) atoms. The van der Waals surface area contributed by atoms with Gasteiger partial charge in [-0.1, -0.05) is 48.5 Å². The highest BCUT2D eigenvalue weighted by atomic mass is 32.2. The van der Waals surface area contributed by atoms with Crippen LogP contribution in [-0.2, 0) is 28.0 Å². The Balaban J connectivity index is 1.22. The topological polar surface area (TPSA) is 75.7 Å². The summed E-state index contributed by atoms with van der Waals surface area (Å²) in [5.41, 5.74) is 2.10. The van der Waals surface area contributed by atoms with Gasteiger partial charge in [0, 0.05) is 25.6 Å². The first kappa shape index (κ1) is 22.5. The largest absolute Gasteiger partial charge is 0.489 e.